The van der Waals surface area contributed by atoms with Gasteiger partial charge in [-0.2, -0.15) is 0 Å². The Hall–Kier alpha value is -2.96. The molecule has 2 rings (SSSR count). The predicted molar refractivity (Wildman–Crippen MR) is 86.8 cm³/mol. The second-order valence-corrected chi connectivity index (χ2v) is 5.21. The van der Waals surface area contributed by atoms with E-state index in [0.29, 0.717) is 5.75 Å². The standard InChI is InChI=1S/C18H17F2NO4/c1-21(8-9-25-14-5-3-4-12(19)10-14)18(23)17(22)15-11-13(20)6-7-16(15)24-2/h3-7,10-11H,8-9H2,1-2H3. The van der Waals surface area contributed by atoms with Crippen LogP contribution in [0.4, 0.5) is 8.78 Å². The first kappa shape index (κ1) is 18.4. The van der Waals surface area contributed by atoms with Gasteiger partial charge in [-0.3, -0.25) is 9.59 Å². The number of halogens is 2. The molecular weight excluding hydrogens is 332 g/mol. The maximum absolute atomic E-state index is 13.3. The Morgan fingerprint density at radius 1 is 1.08 bits per heavy atom. The first-order chi connectivity index (χ1) is 11.9. The number of likely N-dealkylation sites (N-methyl/N-ethyl adjacent to an activating group) is 1. The Balaban J connectivity index is 1.97. The number of amides is 1. The maximum atomic E-state index is 13.3. The molecule has 0 atom stereocenters. The number of methoxy groups -OCH3 is 1. The summed E-state index contributed by atoms with van der Waals surface area (Å²) in [6.45, 7) is 0.165. The van der Waals surface area contributed by atoms with Crippen LogP contribution in [0.25, 0.3) is 0 Å². The predicted octanol–water partition coefficient (Wildman–Crippen LogP) is 2.69. The third-order valence-electron chi connectivity index (χ3n) is 3.44. The van der Waals surface area contributed by atoms with Gasteiger partial charge in [0.05, 0.1) is 19.2 Å². The van der Waals surface area contributed by atoms with Gasteiger partial charge in [0.2, 0.25) is 0 Å². The maximum Gasteiger partial charge on any atom is 0.294 e. The quantitative estimate of drug-likeness (QED) is 0.570. The minimum atomic E-state index is -0.885. The molecule has 5 nitrogen and oxygen atoms in total. The van der Waals surface area contributed by atoms with Gasteiger partial charge in [0.25, 0.3) is 11.7 Å². The van der Waals surface area contributed by atoms with Crippen LogP contribution in [-0.4, -0.2) is 43.9 Å². The van der Waals surface area contributed by atoms with Crippen LogP contribution in [0.1, 0.15) is 10.4 Å². The molecular formula is C18H17F2NO4. The molecule has 0 unspecified atom stereocenters. The van der Waals surface area contributed by atoms with E-state index in [2.05, 4.69) is 0 Å². The van der Waals surface area contributed by atoms with Gasteiger partial charge in [-0.05, 0) is 30.3 Å². The van der Waals surface area contributed by atoms with Crippen molar-refractivity contribution in [2.45, 2.75) is 0 Å². The minimum Gasteiger partial charge on any atom is -0.496 e. The Labute approximate surface area is 143 Å². The van der Waals surface area contributed by atoms with Crippen LogP contribution < -0.4 is 9.47 Å². The molecule has 0 N–H and O–H groups in total. The van der Waals surface area contributed by atoms with Crippen LogP contribution in [0.15, 0.2) is 42.5 Å². The Morgan fingerprint density at radius 3 is 2.48 bits per heavy atom. The Bertz CT molecular complexity index is 779. The van der Waals surface area contributed by atoms with Crippen molar-refractivity contribution < 1.29 is 27.8 Å². The fourth-order valence-electron chi connectivity index (χ4n) is 2.10. The van der Waals surface area contributed by atoms with Crippen LogP contribution >= 0.6 is 0 Å². The highest BCUT2D eigenvalue weighted by molar-refractivity contribution is 6.43. The van der Waals surface area contributed by atoms with E-state index in [1.165, 1.54) is 38.4 Å². The topological polar surface area (TPSA) is 55.8 Å². The molecule has 2 aromatic rings. The number of carbonyl (C=O) groups excluding carboxylic acids is 2. The van der Waals surface area contributed by atoms with Gasteiger partial charge in [0.15, 0.2) is 0 Å². The summed E-state index contributed by atoms with van der Waals surface area (Å²) in [7, 11) is 2.74. The number of hydrogen-bond donors (Lipinski definition) is 0. The molecule has 0 heterocycles. The average molecular weight is 349 g/mol. The monoisotopic (exact) mass is 349 g/mol. The van der Waals surface area contributed by atoms with E-state index in [0.717, 1.165) is 17.0 Å². The first-order valence-electron chi connectivity index (χ1n) is 7.44. The molecule has 2 aromatic carbocycles. The molecule has 0 saturated carbocycles. The van der Waals surface area contributed by atoms with Gasteiger partial charge in [-0.15, -0.1) is 0 Å². The number of nitrogens with zero attached hydrogens (tertiary/aromatic N) is 1. The number of Topliss-reactive ketones (excluding diaryl/α,β-unsaturated/α-hetero) is 1. The zero-order valence-electron chi connectivity index (χ0n) is 13.8. The van der Waals surface area contributed by atoms with Crippen LogP contribution in [0.5, 0.6) is 11.5 Å². The van der Waals surface area contributed by atoms with E-state index >= 15 is 0 Å². The zero-order valence-corrected chi connectivity index (χ0v) is 13.8. The molecule has 7 heteroatoms. The summed E-state index contributed by atoms with van der Waals surface area (Å²) in [4.78, 5) is 25.6. The van der Waals surface area contributed by atoms with Crippen LogP contribution in [0.3, 0.4) is 0 Å². The number of hydrogen-bond acceptors (Lipinski definition) is 4. The molecule has 0 aliphatic heterocycles. The van der Waals surface area contributed by atoms with Gasteiger partial charge in [0, 0.05) is 13.1 Å². The summed E-state index contributed by atoms with van der Waals surface area (Å²) in [5.74, 6) is -2.36. The molecule has 0 aliphatic carbocycles. The number of rotatable bonds is 7. The van der Waals surface area contributed by atoms with Gasteiger partial charge in [-0.25, -0.2) is 8.78 Å². The third kappa shape index (κ3) is 4.76. The second kappa shape index (κ2) is 8.23. The largest absolute Gasteiger partial charge is 0.496 e. The molecule has 1 amide bonds. The first-order valence-corrected chi connectivity index (χ1v) is 7.44. The lowest BCUT2D eigenvalue weighted by Crippen LogP contribution is -2.36. The minimum absolute atomic E-state index is 0.0687. The molecule has 0 saturated heterocycles. The smallest absolute Gasteiger partial charge is 0.294 e. The number of ether oxygens (including phenoxy) is 2. The average Bonchev–Trinajstić information content (AvgIpc) is 2.60. The third-order valence-corrected chi connectivity index (χ3v) is 3.44. The highest BCUT2D eigenvalue weighted by Gasteiger charge is 2.24. The fourth-order valence-corrected chi connectivity index (χ4v) is 2.10. The van der Waals surface area contributed by atoms with E-state index in [1.807, 2.05) is 0 Å². The summed E-state index contributed by atoms with van der Waals surface area (Å²) >= 11 is 0. The Kier molecular flexibility index (Phi) is 6.05. The van der Waals surface area contributed by atoms with Crippen molar-refractivity contribution in [3.05, 3.63) is 59.7 Å². The zero-order chi connectivity index (χ0) is 18.4. The van der Waals surface area contributed by atoms with Gasteiger partial charge in [-0.1, -0.05) is 6.07 Å². The van der Waals surface area contributed by atoms with E-state index in [-0.39, 0.29) is 24.5 Å². The number of benzene rings is 2. The van der Waals surface area contributed by atoms with Crippen LogP contribution in [0.2, 0.25) is 0 Å². The normalized spacial score (nSPS) is 10.2. The summed E-state index contributed by atoms with van der Waals surface area (Å²) in [6.07, 6.45) is 0. The van der Waals surface area contributed by atoms with Crippen molar-refractivity contribution in [3.8, 4) is 11.5 Å². The number of carbonyl (C=O) groups is 2. The van der Waals surface area contributed by atoms with Crippen molar-refractivity contribution >= 4 is 11.7 Å². The SMILES string of the molecule is COc1ccc(F)cc1C(=O)C(=O)N(C)CCOc1cccc(F)c1. The lowest BCUT2D eigenvalue weighted by atomic mass is 10.1. The van der Waals surface area contributed by atoms with Crippen molar-refractivity contribution in [2.75, 3.05) is 27.3 Å². The molecule has 0 fully saturated rings. The highest BCUT2D eigenvalue weighted by Crippen LogP contribution is 2.20. The van der Waals surface area contributed by atoms with E-state index in [4.69, 9.17) is 9.47 Å². The Morgan fingerprint density at radius 2 is 1.80 bits per heavy atom. The van der Waals surface area contributed by atoms with Crippen molar-refractivity contribution in [1.29, 1.82) is 0 Å². The molecule has 25 heavy (non-hydrogen) atoms. The summed E-state index contributed by atoms with van der Waals surface area (Å²) < 4.78 is 36.7. The van der Waals surface area contributed by atoms with Crippen molar-refractivity contribution in [2.24, 2.45) is 0 Å². The summed E-state index contributed by atoms with van der Waals surface area (Å²) in [6, 6.07) is 8.95. The molecule has 132 valence electrons. The van der Waals surface area contributed by atoms with Crippen LogP contribution in [-0.2, 0) is 4.79 Å². The lowest BCUT2D eigenvalue weighted by molar-refractivity contribution is -0.125. The number of ketones is 1. The lowest BCUT2D eigenvalue weighted by Gasteiger charge is -2.17. The van der Waals surface area contributed by atoms with E-state index in [1.54, 1.807) is 6.07 Å². The molecule has 0 aliphatic rings. The summed E-state index contributed by atoms with van der Waals surface area (Å²) in [5, 5.41) is 0. The fraction of sp³-hybridized carbons (Fsp3) is 0.222. The van der Waals surface area contributed by atoms with E-state index in [9.17, 15) is 18.4 Å². The highest BCUT2D eigenvalue weighted by atomic mass is 19.1. The molecule has 0 aromatic heterocycles. The van der Waals surface area contributed by atoms with Crippen molar-refractivity contribution in [3.63, 3.8) is 0 Å². The molecule has 0 spiro atoms. The van der Waals surface area contributed by atoms with Gasteiger partial charge in [0.1, 0.15) is 29.7 Å². The second-order valence-electron chi connectivity index (χ2n) is 5.21. The van der Waals surface area contributed by atoms with Gasteiger partial charge >= 0.3 is 0 Å². The van der Waals surface area contributed by atoms with Gasteiger partial charge < -0.3 is 14.4 Å². The summed E-state index contributed by atoms with van der Waals surface area (Å²) in [5.41, 5.74) is -0.148. The molecule has 0 radical (unpaired) electrons. The van der Waals surface area contributed by atoms with E-state index < -0.39 is 23.3 Å². The molecule has 0 bridgehead atoms. The van der Waals surface area contributed by atoms with Crippen molar-refractivity contribution in [1.82, 2.24) is 4.90 Å². The van der Waals surface area contributed by atoms with Crippen LogP contribution in [0, 0.1) is 11.6 Å².